The number of hydrogen-bond acceptors (Lipinski definition) is 9. The molecular formula is C34H55NO8. The molecule has 0 saturated heterocycles. The third-order valence-electron chi connectivity index (χ3n) is 6.50. The molecule has 9 nitrogen and oxygen atoms in total. The quantitative estimate of drug-likeness (QED) is 0.0884. The fraction of sp³-hybridized carbons (Fsp3) is 0.647. The number of benzene rings is 2. The Morgan fingerprint density at radius 1 is 0.465 bits per heavy atom. The van der Waals surface area contributed by atoms with Gasteiger partial charge >= 0.3 is 0 Å². The highest BCUT2D eigenvalue weighted by molar-refractivity contribution is 5.51. The predicted molar refractivity (Wildman–Crippen MR) is 170 cm³/mol. The second kappa shape index (κ2) is 27.2. The number of rotatable bonds is 30. The van der Waals surface area contributed by atoms with Crippen LogP contribution in [0.15, 0.2) is 48.5 Å². The second-order valence-electron chi connectivity index (χ2n) is 10.1. The summed E-state index contributed by atoms with van der Waals surface area (Å²) in [7, 11) is 0. The second-order valence-corrected chi connectivity index (χ2v) is 10.1. The van der Waals surface area contributed by atoms with Crippen LogP contribution < -0.4 is 15.2 Å². The number of anilines is 1. The van der Waals surface area contributed by atoms with Crippen LogP contribution in [0.5, 0.6) is 11.5 Å². The Morgan fingerprint density at radius 3 is 1.42 bits per heavy atom. The maximum atomic E-state index is 5.82. The first-order valence-electron chi connectivity index (χ1n) is 15.9. The number of hydrogen-bond donors (Lipinski definition) is 1. The smallest absolute Gasteiger partial charge is 0.142 e. The molecule has 2 N–H and O–H groups in total. The van der Waals surface area contributed by atoms with Gasteiger partial charge in [0.1, 0.15) is 24.7 Å². The third kappa shape index (κ3) is 21.0. The molecule has 0 amide bonds. The zero-order valence-corrected chi connectivity index (χ0v) is 26.3. The Labute approximate surface area is 259 Å². The van der Waals surface area contributed by atoms with Crippen molar-refractivity contribution in [2.24, 2.45) is 0 Å². The van der Waals surface area contributed by atoms with Crippen molar-refractivity contribution in [2.45, 2.75) is 51.9 Å². The van der Waals surface area contributed by atoms with E-state index in [1.54, 1.807) is 6.07 Å². The normalized spacial score (nSPS) is 11.2. The minimum absolute atomic E-state index is 0.445. The molecule has 0 aromatic heterocycles. The van der Waals surface area contributed by atoms with Crippen LogP contribution >= 0.6 is 0 Å². The first kappa shape index (κ1) is 36.8. The third-order valence-corrected chi connectivity index (χ3v) is 6.50. The van der Waals surface area contributed by atoms with E-state index in [4.69, 9.17) is 43.6 Å². The lowest BCUT2D eigenvalue weighted by atomic mass is 10.0. The number of nitrogens with two attached hydrogens (primary N) is 1. The van der Waals surface area contributed by atoms with Gasteiger partial charge < -0.3 is 43.6 Å². The van der Waals surface area contributed by atoms with Crippen LogP contribution in [0.25, 0.3) is 0 Å². The van der Waals surface area contributed by atoms with Gasteiger partial charge in [-0.25, -0.2) is 0 Å². The Balaban J connectivity index is 1.24. The molecule has 0 aliphatic heterocycles. The van der Waals surface area contributed by atoms with Crippen molar-refractivity contribution in [3.05, 3.63) is 54.1 Å². The molecule has 9 heteroatoms. The number of aryl methyl sites for hydroxylation is 1. The van der Waals surface area contributed by atoms with Gasteiger partial charge in [-0.05, 0) is 42.7 Å². The molecular weight excluding hydrogens is 550 g/mol. The van der Waals surface area contributed by atoms with Crippen LogP contribution in [0.3, 0.4) is 0 Å². The summed E-state index contributed by atoms with van der Waals surface area (Å²) in [5.74, 6) is 1.56. The Bertz CT molecular complexity index is 883. The van der Waals surface area contributed by atoms with E-state index >= 15 is 0 Å². The topological polar surface area (TPSA) is 99.9 Å². The van der Waals surface area contributed by atoms with Crippen LogP contribution in [0, 0.1) is 0 Å². The summed E-state index contributed by atoms with van der Waals surface area (Å²) >= 11 is 0. The molecule has 43 heavy (non-hydrogen) atoms. The van der Waals surface area contributed by atoms with Crippen molar-refractivity contribution in [3.8, 4) is 11.5 Å². The van der Waals surface area contributed by atoms with E-state index in [9.17, 15) is 0 Å². The standard InChI is InChI=1S/C34H55NO8/c1-2-3-4-5-6-7-10-31-13-15-32(16-14-31)42-29-27-40-25-23-38-21-19-36-17-18-37-20-22-39-24-26-41-28-30-43-34-12-9-8-11-33(34)35/h8-9,11-16H,2-7,10,17-30,35H2,1H3. The minimum atomic E-state index is 0.445. The largest absolute Gasteiger partial charge is 0.491 e. The summed E-state index contributed by atoms with van der Waals surface area (Å²) < 4.78 is 44.4. The van der Waals surface area contributed by atoms with Gasteiger partial charge in [0.25, 0.3) is 0 Å². The van der Waals surface area contributed by atoms with E-state index in [1.807, 2.05) is 18.2 Å². The van der Waals surface area contributed by atoms with E-state index in [2.05, 4.69) is 31.2 Å². The van der Waals surface area contributed by atoms with Crippen LogP contribution in [0.4, 0.5) is 5.69 Å². The van der Waals surface area contributed by atoms with E-state index in [0.717, 1.165) is 12.2 Å². The summed E-state index contributed by atoms with van der Waals surface area (Å²) in [6.45, 7) is 9.43. The highest BCUT2D eigenvalue weighted by atomic mass is 16.6. The van der Waals surface area contributed by atoms with Gasteiger partial charge in [-0.2, -0.15) is 0 Å². The van der Waals surface area contributed by atoms with Crippen LogP contribution in [0.2, 0.25) is 0 Å². The van der Waals surface area contributed by atoms with Gasteiger partial charge in [-0.3, -0.25) is 0 Å². The first-order chi connectivity index (χ1) is 21.3. The molecule has 0 spiro atoms. The number of nitrogen functional groups attached to an aromatic ring is 1. The summed E-state index contributed by atoms with van der Waals surface area (Å²) in [6.07, 6.45) is 9.10. The lowest BCUT2D eigenvalue weighted by Gasteiger charge is -2.10. The Morgan fingerprint density at radius 2 is 0.907 bits per heavy atom. The van der Waals surface area contributed by atoms with Crippen LogP contribution in [-0.4, -0.2) is 92.5 Å². The maximum Gasteiger partial charge on any atom is 0.142 e. The van der Waals surface area contributed by atoms with Gasteiger partial charge in [0.2, 0.25) is 0 Å². The van der Waals surface area contributed by atoms with Gasteiger partial charge in [-0.15, -0.1) is 0 Å². The van der Waals surface area contributed by atoms with Gasteiger partial charge in [0.05, 0.1) is 85.0 Å². The van der Waals surface area contributed by atoms with Gasteiger partial charge in [0.15, 0.2) is 0 Å². The van der Waals surface area contributed by atoms with Gasteiger partial charge in [-0.1, -0.05) is 63.3 Å². The molecule has 0 aliphatic rings. The van der Waals surface area contributed by atoms with Crippen molar-refractivity contribution in [1.82, 2.24) is 0 Å². The van der Waals surface area contributed by atoms with Crippen LogP contribution in [-0.2, 0) is 34.8 Å². The summed E-state index contributed by atoms with van der Waals surface area (Å²) in [5, 5.41) is 0. The molecule has 0 bridgehead atoms. The maximum absolute atomic E-state index is 5.82. The van der Waals surface area contributed by atoms with E-state index < -0.39 is 0 Å². The molecule has 0 radical (unpaired) electrons. The number of ether oxygens (including phenoxy) is 8. The predicted octanol–water partition coefficient (Wildman–Crippen LogP) is 5.73. The van der Waals surface area contributed by atoms with Crippen molar-refractivity contribution in [3.63, 3.8) is 0 Å². The lowest BCUT2D eigenvalue weighted by molar-refractivity contribution is -0.0187. The Hall–Kier alpha value is -2.40. The summed E-state index contributed by atoms with van der Waals surface area (Å²) in [5.41, 5.74) is 7.83. The highest BCUT2D eigenvalue weighted by Gasteiger charge is 2.00. The molecule has 0 aliphatic carbocycles. The lowest BCUT2D eigenvalue weighted by Crippen LogP contribution is -2.15. The molecule has 0 atom stereocenters. The zero-order chi connectivity index (χ0) is 30.5. The van der Waals surface area contributed by atoms with Crippen LogP contribution in [0.1, 0.15) is 51.0 Å². The van der Waals surface area contributed by atoms with Crippen molar-refractivity contribution in [2.75, 3.05) is 98.2 Å². The van der Waals surface area contributed by atoms with Crippen molar-refractivity contribution in [1.29, 1.82) is 0 Å². The average molecular weight is 606 g/mol. The van der Waals surface area contributed by atoms with Crippen molar-refractivity contribution < 1.29 is 37.9 Å². The molecule has 2 rings (SSSR count). The fourth-order valence-corrected chi connectivity index (χ4v) is 4.10. The molecule has 2 aromatic carbocycles. The average Bonchev–Trinajstić information content (AvgIpc) is 3.03. The van der Waals surface area contributed by atoms with Crippen molar-refractivity contribution >= 4 is 5.69 Å². The monoisotopic (exact) mass is 605 g/mol. The molecule has 2 aromatic rings. The molecule has 0 saturated carbocycles. The number of para-hydroxylation sites is 2. The highest BCUT2D eigenvalue weighted by Crippen LogP contribution is 2.19. The molecule has 0 fully saturated rings. The Kier molecular flexibility index (Phi) is 23.2. The zero-order valence-electron chi connectivity index (χ0n) is 26.3. The minimum Gasteiger partial charge on any atom is -0.491 e. The fourth-order valence-electron chi connectivity index (χ4n) is 4.10. The van der Waals surface area contributed by atoms with Gasteiger partial charge in [0, 0.05) is 0 Å². The molecule has 0 unspecified atom stereocenters. The first-order valence-corrected chi connectivity index (χ1v) is 15.9. The molecule has 244 valence electrons. The van der Waals surface area contributed by atoms with E-state index in [0.29, 0.717) is 104 Å². The summed E-state index contributed by atoms with van der Waals surface area (Å²) in [4.78, 5) is 0. The van der Waals surface area contributed by atoms with E-state index in [-0.39, 0.29) is 0 Å². The molecule has 0 heterocycles. The summed E-state index contributed by atoms with van der Waals surface area (Å²) in [6, 6.07) is 15.8. The SMILES string of the molecule is CCCCCCCCc1ccc(OCCOCCOCCOCCOCCOCCOCCOc2ccccc2N)cc1. The van der Waals surface area contributed by atoms with E-state index in [1.165, 1.54) is 44.1 Å². The number of unbranched alkanes of at least 4 members (excludes halogenated alkanes) is 5.